The normalized spacial score (nSPS) is 24.6. The minimum atomic E-state index is -0.199. The Labute approximate surface area is 136 Å². The summed E-state index contributed by atoms with van der Waals surface area (Å²) in [5.74, 6) is 0.617. The third-order valence-electron chi connectivity index (χ3n) is 3.56. The maximum absolute atomic E-state index is 11.8. The molecule has 1 saturated heterocycles. The van der Waals surface area contributed by atoms with Gasteiger partial charge in [-0.1, -0.05) is 27.4 Å². The van der Waals surface area contributed by atoms with Gasteiger partial charge in [0.05, 0.1) is 12.5 Å². The van der Waals surface area contributed by atoms with Crippen molar-refractivity contribution >= 4 is 11.8 Å². The fourth-order valence-electron chi connectivity index (χ4n) is 2.48. The first-order valence-electron chi connectivity index (χ1n) is 7.74. The van der Waals surface area contributed by atoms with Crippen LogP contribution in [0.15, 0.2) is 29.7 Å². The fraction of sp³-hybridized carbons (Fsp3) is 0.625. The fourth-order valence-corrected chi connectivity index (χ4v) is 2.48. The highest BCUT2D eigenvalue weighted by molar-refractivity contribution is 5.93. The zero-order valence-electron chi connectivity index (χ0n) is 13.9. The maximum Gasteiger partial charge on any atom is 0.306 e. The molecule has 1 fully saturated rings. The topological polar surface area (TPSA) is 83.4 Å². The van der Waals surface area contributed by atoms with Crippen molar-refractivity contribution in [2.45, 2.75) is 52.4 Å². The summed E-state index contributed by atoms with van der Waals surface area (Å²) in [6, 6.07) is 0. The number of carbonyl (C=O) groups is 1. The average Bonchev–Trinajstić information content (AvgIpc) is 2.91. The van der Waals surface area contributed by atoms with Crippen LogP contribution in [0.4, 0.5) is 0 Å². The molecule has 0 aromatic carbocycles. The Kier molecular flexibility index (Phi) is 5.43. The summed E-state index contributed by atoms with van der Waals surface area (Å²) in [4.78, 5) is 17.7. The summed E-state index contributed by atoms with van der Waals surface area (Å²) in [7, 11) is 0. The van der Waals surface area contributed by atoms with Gasteiger partial charge in [-0.05, 0) is 24.3 Å². The molecule has 0 amide bonds. The molecule has 0 aromatic heterocycles. The van der Waals surface area contributed by atoms with Gasteiger partial charge in [0.25, 0.3) is 0 Å². The number of hydrogen-bond acceptors (Lipinski definition) is 7. The number of aliphatic imine (C=N–C) groups is 1. The highest BCUT2D eigenvalue weighted by Gasteiger charge is 2.31. The number of carbonyl (C=O) groups excluding carboxylic acids is 1. The van der Waals surface area contributed by atoms with E-state index in [-0.39, 0.29) is 30.3 Å². The number of hydroxylamine groups is 1. The lowest BCUT2D eigenvalue weighted by atomic mass is 9.92. The molecule has 23 heavy (non-hydrogen) atoms. The number of ether oxygens (including phenoxy) is 2. The Morgan fingerprint density at radius 2 is 2.30 bits per heavy atom. The monoisotopic (exact) mass is 323 g/mol. The molecule has 128 valence electrons. The van der Waals surface area contributed by atoms with Gasteiger partial charge in [0.1, 0.15) is 18.7 Å². The van der Waals surface area contributed by atoms with E-state index in [0.717, 1.165) is 12.8 Å². The van der Waals surface area contributed by atoms with Gasteiger partial charge in [-0.3, -0.25) is 15.5 Å². The van der Waals surface area contributed by atoms with Crippen LogP contribution in [0.3, 0.4) is 0 Å². The van der Waals surface area contributed by atoms with Crippen molar-refractivity contribution in [1.29, 1.82) is 0 Å². The average molecular weight is 323 g/mol. The van der Waals surface area contributed by atoms with Gasteiger partial charge in [-0.25, -0.2) is 4.99 Å². The molecule has 0 saturated carbocycles. The molecule has 0 aliphatic carbocycles. The Bertz CT molecular complexity index is 522. The number of nitrogens with one attached hydrogen (secondary N) is 1. The first-order valence-corrected chi connectivity index (χ1v) is 7.74. The quantitative estimate of drug-likeness (QED) is 0.609. The molecule has 0 radical (unpaired) electrons. The van der Waals surface area contributed by atoms with E-state index in [1.807, 2.05) is 26.3 Å². The zero-order chi connectivity index (χ0) is 17.0. The van der Waals surface area contributed by atoms with Crippen molar-refractivity contribution in [3.63, 3.8) is 0 Å². The Hall–Kier alpha value is -1.86. The van der Waals surface area contributed by atoms with Gasteiger partial charge < -0.3 is 14.4 Å². The molecule has 2 heterocycles. The van der Waals surface area contributed by atoms with Gasteiger partial charge in [-0.2, -0.15) is 0 Å². The summed E-state index contributed by atoms with van der Waals surface area (Å²) in [6.07, 6.45) is 5.07. The van der Waals surface area contributed by atoms with E-state index in [0.29, 0.717) is 18.1 Å². The van der Waals surface area contributed by atoms with Gasteiger partial charge in [0.2, 0.25) is 0 Å². The van der Waals surface area contributed by atoms with Crippen molar-refractivity contribution in [3.8, 4) is 0 Å². The summed E-state index contributed by atoms with van der Waals surface area (Å²) in [5, 5.41) is 8.83. The molecular weight excluding hydrogens is 298 g/mol. The zero-order valence-corrected chi connectivity index (χ0v) is 13.9. The van der Waals surface area contributed by atoms with Gasteiger partial charge in [0, 0.05) is 6.20 Å². The molecule has 0 bridgehead atoms. The van der Waals surface area contributed by atoms with Crippen LogP contribution in [0.1, 0.15) is 40.0 Å². The molecule has 7 nitrogen and oxygen atoms in total. The van der Waals surface area contributed by atoms with Gasteiger partial charge >= 0.3 is 5.97 Å². The van der Waals surface area contributed by atoms with E-state index < -0.39 is 0 Å². The second kappa shape index (κ2) is 7.14. The van der Waals surface area contributed by atoms with E-state index in [4.69, 9.17) is 14.7 Å². The van der Waals surface area contributed by atoms with Crippen LogP contribution >= 0.6 is 0 Å². The minimum Gasteiger partial charge on any atom is -0.463 e. The SMILES string of the molecule is C=C1N=C(NO)C=CN1C1CCC(COC(=O)CC(C)(C)C)O1. The predicted molar refractivity (Wildman–Crippen MR) is 85.4 cm³/mol. The second-order valence-electron chi connectivity index (χ2n) is 6.96. The van der Waals surface area contributed by atoms with Crippen LogP contribution in [-0.2, 0) is 14.3 Å². The van der Waals surface area contributed by atoms with Crippen LogP contribution in [-0.4, -0.2) is 40.9 Å². The number of hydrogen-bond donors (Lipinski definition) is 2. The summed E-state index contributed by atoms with van der Waals surface area (Å²) in [5.41, 5.74) is 1.90. The molecular formula is C16H25N3O4. The molecule has 7 heteroatoms. The standard InChI is InChI=1S/C16H25N3O4/c1-11-17-13(18-21)7-8-19(11)14-6-5-12(23-14)10-22-15(20)9-16(2,3)4/h7-8,12,14,21H,1,5-6,9-10H2,2-4H3,(H,17,18). The van der Waals surface area contributed by atoms with Crippen LogP contribution in [0.5, 0.6) is 0 Å². The van der Waals surface area contributed by atoms with Crippen LogP contribution in [0, 0.1) is 5.41 Å². The van der Waals surface area contributed by atoms with Crippen molar-refractivity contribution in [2.24, 2.45) is 10.4 Å². The van der Waals surface area contributed by atoms with E-state index >= 15 is 0 Å². The lowest BCUT2D eigenvalue weighted by Gasteiger charge is -2.29. The van der Waals surface area contributed by atoms with Crippen molar-refractivity contribution in [1.82, 2.24) is 10.4 Å². The van der Waals surface area contributed by atoms with E-state index in [9.17, 15) is 4.79 Å². The lowest BCUT2D eigenvalue weighted by molar-refractivity contribution is -0.150. The largest absolute Gasteiger partial charge is 0.463 e. The van der Waals surface area contributed by atoms with E-state index in [2.05, 4.69) is 11.6 Å². The number of esters is 1. The molecule has 2 atom stereocenters. The van der Waals surface area contributed by atoms with Crippen molar-refractivity contribution in [3.05, 3.63) is 24.7 Å². The third kappa shape index (κ3) is 5.07. The Morgan fingerprint density at radius 1 is 1.57 bits per heavy atom. The summed E-state index contributed by atoms with van der Waals surface area (Å²) >= 11 is 0. The Balaban J connectivity index is 1.79. The molecule has 2 N–H and O–H groups in total. The summed E-state index contributed by atoms with van der Waals surface area (Å²) < 4.78 is 11.2. The second-order valence-corrected chi connectivity index (χ2v) is 6.96. The number of rotatable bonds is 4. The van der Waals surface area contributed by atoms with Crippen LogP contribution in [0.25, 0.3) is 0 Å². The molecule has 2 aliphatic rings. The maximum atomic E-state index is 11.8. The minimum absolute atomic E-state index is 0.0804. The highest BCUT2D eigenvalue weighted by Crippen LogP contribution is 2.27. The first-order chi connectivity index (χ1) is 10.8. The number of amidine groups is 1. The molecule has 0 aromatic rings. The molecule has 2 rings (SSSR count). The van der Waals surface area contributed by atoms with Gasteiger partial charge in [-0.15, -0.1) is 0 Å². The molecule has 2 unspecified atom stereocenters. The van der Waals surface area contributed by atoms with E-state index in [1.54, 1.807) is 17.2 Å². The van der Waals surface area contributed by atoms with Gasteiger partial charge in [0.15, 0.2) is 5.84 Å². The van der Waals surface area contributed by atoms with Crippen molar-refractivity contribution < 1.29 is 19.5 Å². The summed E-state index contributed by atoms with van der Waals surface area (Å²) in [6.45, 7) is 10.1. The highest BCUT2D eigenvalue weighted by atomic mass is 16.6. The Morgan fingerprint density at radius 3 is 2.91 bits per heavy atom. The lowest BCUT2D eigenvalue weighted by Crippen LogP contribution is -2.34. The smallest absolute Gasteiger partial charge is 0.306 e. The van der Waals surface area contributed by atoms with Crippen LogP contribution < -0.4 is 5.48 Å². The molecule has 2 aliphatic heterocycles. The predicted octanol–water partition coefficient (Wildman–Crippen LogP) is 2.15. The third-order valence-corrected chi connectivity index (χ3v) is 3.56. The van der Waals surface area contributed by atoms with Crippen molar-refractivity contribution in [2.75, 3.05) is 6.61 Å². The molecule has 0 spiro atoms. The number of nitrogens with zero attached hydrogens (tertiary/aromatic N) is 2. The van der Waals surface area contributed by atoms with Crippen LogP contribution in [0.2, 0.25) is 0 Å². The van der Waals surface area contributed by atoms with E-state index in [1.165, 1.54) is 0 Å². The first kappa shape index (κ1) is 17.5.